The molecule has 0 aliphatic rings. The smallest absolute Gasteiger partial charge is 0.345 e. The summed E-state index contributed by atoms with van der Waals surface area (Å²) in [6, 6.07) is 20.6. The number of amides is 1. The fraction of sp³-hybridized carbons (Fsp3) is 0.107. The van der Waals surface area contributed by atoms with Crippen molar-refractivity contribution in [2.24, 2.45) is 0 Å². The number of rotatable bonds is 3. The number of aromatic nitrogens is 2. The van der Waals surface area contributed by atoms with Gasteiger partial charge in [-0.15, -0.1) is 0 Å². The zero-order chi connectivity index (χ0) is 25.6. The quantitative estimate of drug-likeness (QED) is 0.311. The Morgan fingerprint density at radius 3 is 2.25 bits per heavy atom. The van der Waals surface area contributed by atoms with E-state index < -0.39 is 11.7 Å². The summed E-state index contributed by atoms with van der Waals surface area (Å²) in [4.78, 5) is 33.4. The number of benzene rings is 3. The molecule has 0 radical (unpaired) electrons. The summed E-state index contributed by atoms with van der Waals surface area (Å²) in [5, 5.41) is 1.19. The van der Waals surface area contributed by atoms with Crippen LogP contribution in [0.3, 0.4) is 0 Å². The van der Waals surface area contributed by atoms with Crippen LogP contribution in [0.15, 0.2) is 83.7 Å². The van der Waals surface area contributed by atoms with Gasteiger partial charge in [-0.25, -0.2) is 4.98 Å². The van der Waals surface area contributed by atoms with Gasteiger partial charge >= 0.3 is 6.18 Å². The van der Waals surface area contributed by atoms with Gasteiger partial charge < -0.3 is 9.88 Å². The van der Waals surface area contributed by atoms with Crippen molar-refractivity contribution in [2.75, 3.05) is 14.1 Å². The molecule has 0 atom stereocenters. The molecule has 8 heteroatoms. The van der Waals surface area contributed by atoms with Gasteiger partial charge in [-0.1, -0.05) is 30.3 Å². The molecule has 0 saturated heterocycles. The van der Waals surface area contributed by atoms with E-state index in [0.29, 0.717) is 38.6 Å². The van der Waals surface area contributed by atoms with Crippen molar-refractivity contribution >= 4 is 27.7 Å². The predicted octanol–water partition coefficient (Wildman–Crippen LogP) is 6.13. The first kappa shape index (κ1) is 23.3. The first-order valence-corrected chi connectivity index (χ1v) is 11.1. The van der Waals surface area contributed by atoms with Gasteiger partial charge in [-0.3, -0.25) is 9.59 Å². The van der Waals surface area contributed by atoms with Crippen molar-refractivity contribution in [2.45, 2.75) is 6.18 Å². The highest BCUT2D eigenvalue weighted by atomic mass is 19.4. The average molecular weight is 487 g/mol. The molecule has 0 saturated carbocycles. The number of nitrogens with zero attached hydrogens (tertiary/aromatic N) is 2. The number of nitrogens with one attached hydrogen (secondary N) is 1. The third-order valence-corrected chi connectivity index (χ3v) is 6.01. The average Bonchev–Trinajstić information content (AvgIpc) is 2.87. The minimum Gasteiger partial charge on any atom is -0.345 e. The van der Waals surface area contributed by atoms with Crippen LogP contribution < -0.4 is 5.56 Å². The van der Waals surface area contributed by atoms with Crippen LogP contribution in [0, 0.1) is 0 Å². The van der Waals surface area contributed by atoms with Gasteiger partial charge in [-0.2, -0.15) is 13.2 Å². The highest BCUT2D eigenvalue weighted by molar-refractivity contribution is 6.09. The van der Waals surface area contributed by atoms with Crippen LogP contribution in [0.5, 0.6) is 0 Å². The van der Waals surface area contributed by atoms with Gasteiger partial charge in [0.1, 0.15) is 0 Å². The number of H-pyrrole nitrogens is 1. The Labute approximate surface area is 203 Å². The maximum absolute atomic E-state index is 13.3. The predicted molar refractivity (Wildman–Crippen MR) is 134 cm³/mol. The number of carbonyl (C=O) groups is 1. The summed E-state index contributed by atoms with van der Waals surface area (Å²) in [5.41, 5.74) is 2.82. The standard InChI is InChI=1S/C28H20F3N3O2/c1-34(2)27(36)17-8-6-16(7-9-17)18-10-12-23-22(15-18)26-21(11-13-24(35)33-26)25(32-23)19-4-3-5-20(14-19)28(29,30)31/h3-15H,1-2H3,(H,33,35). The third-order valence-electron chi connectivity index (χ3n) is 6.01. The monoisotopic (exact) mass is 487 g/mol. The molecule has 1 amide bonds. The van der Waals surface area contributed by atoms with Crippen LogP contribution in [-0.2, 0) is 6.18 Å². The fourth-order valence-corrected chi connectivity index (χ4v) is 4.20. The molecule has 0 bridgehead atoms. The largest absolute Gasteiger partial charge is 0.416 e. The number of carbonyl (C=O) groups excluding carboxylic acids is 1. The summed E-state index contributed by atoms with van der Waals surface area (Å²) in [5.74, 6) is -0.102. The number of alkyl halides is 3. The van der Waals surface area contributed by atoms with Gasteiger partial charge in [0, 0.05) is 42.1 Å². The zero-order valence-electron chi connectivity index (χ0n) is 19.4. The van der Waals surface area contributed by atoms with Crippen LogP contribution in [0.2, 0.25) is 0 Å². The SMILES string of the molecule is CN(C)C(=O)c1ccc(-c2ccc3nc(-c4cccc(C(F)(F)F)c4)c4ccc(=O)[nH]c4c3c2)cc1. The molecule has 5 nitrogen and oxygen atoms in total. The third kappa shape index (κ3) is 4.22. The van der Waals surface area contributed by atoms with Gasteiger partial charge in [0.25, 0.3) is 5.91 Å². The molecule has 1 N–H and O–H groups in total. The molecule has 180 valence electrons. The topological polar surface area (TPSA) is 66.1 Å². The van der Waals surface area contributed by atoms with E-state index >= 15 is 0 Å². The van der Waals surface area contributed by atoms with E-state index in [1.54, 1.807) is 44.4 Å². The first-order valence-electron chi connectivity index (χ1n) is 11.1. The molecule has 0 unspecified atom stereocenters. The van der Waals surface area contributed by atoms with Crippen molar-refractivity contribution < 1.29 is 18.0 Å². The van der Waals surface area contributed by atoms with Gasteiger partial charge in [0.15, 0.2) is 0 Å². The summed E-state index contributed by atoms with van der Waals surface area (Å²) in [6.07, 6.45) is -4.49. The lowest BCUT2D eigenvalue weighted by Gasteiger charge is -2.13. The highest BCUT2D eigenvalue weighted by Gasteiger charge is 2.30. The molecule has 0 aliphatic carbocycles. The molecule has 2 aromatic heterocycles. The van der Waals surface area contributed by atoms with Crippen LogP contribution in [0.25, 0.3) is 44.2 Å². The van der Waals surface area contributed by atoms with Gasteiger partial charge in [-0.05, 0) is 53.6 Å². The number of pyridine rings is 2. The molecule has 3 aromatic carbocycles. The van der Waals surface area contributed by atoms with E-state index in [4.69, 9.17) is 0 Å². The van der Waals surface area contributed by atoms with Crippen molar-refractivity contribution in [1.29, 1.82) is 0 Å². The maximum atomic E-state index is 13.3. The Morgan fingerprint density at radius 1 is 0.833 bits per heavy atom. The molecule has 0 spiro atoms. The van der Waals surface area contributed by atoms with Crippen molar-refractivity contribution in [3.63, 3.8) is 0 Å². The Balaban J connectivity index is 1.68. The van der Waals surface area contributed by atoms with Crippen molar-refractivity contribution in [3.05, 3.63) is 100 Å². The normalized spacial score (nSPS) is 11.7. The summed E-state index contributed by atoms with van der Waals surface area (Å²) in [7, 11) is 3.37. The molecule has 5 aromatic rings. The Bertz CT molecular complexity index is 1690. The van der Waals surface area contributed by atoms with E-state index in [1.807, 2.05) is 24.3 Å². The van der Waals surface area contributed by atoms with Crippen molar-refractivity contribution in [3.8, 4) is 22.4 Å². The minimum absolute atomic E-state index is 0.102. The molecule has 5 rings (SSSR count). The highest BCUT2D eigenvalue weighted by Crippen LogP contribution is 2.36. The van der Waals surface area contributed by atoms with Gasteiger partial charge in [0.2, 0.25) is 5.56 Å². The lowest BCUT2D eigenvalue weighted by atomic mass is 9.98. The molecule has 0 fully saturated rings. The zero-order valence-corrected chi connectivity index (χ0v) is 19.4. The Kier molecular flexibility index (Phi) is 5.59. The van der Waals surface area contributed by atoms with Gasteiger partial charge in [0.05, 0.1) is 22.3 Å². The number of aromatic amines is 1. The maximum Gasteiger partial charge on any atom is 0.416 e. The number of halogens is 3. The van der Waals surface area contributed by atoms with Crippen LogP contribution in [-0.4, -0.2) is 34.9 Å². The van der Waals surface area contributed by atoms with Crippen LogP contribution in [0.4, 0.5) is 13.2 Å². The van der Waals surface area contributed by atoms with Crippen LogP contribution >= 0.6 is 0 Å². The fourth-order valence-electron chi connectivity index (χ4n) is 4.20. The van der Waals surface area contributed by atoms with E-state index in [-0.39, 0.29) is 11.5 Å². The second-order valence-corrected chi connectivity index (χ2v) is 8.66. The lowest BCUT2D eigenvalue weighted by molar-refractivity contribution is -0.137. The van der Waals surface area contributed by atoms with E-state index in [1.165, 1.54) is 17.0 Å². The number of hydrogen-bond acceptors (Lipinski definition) is 3. The molecule has 2 heterocycles. The van der Waals surface area contributed by atoms with E-state index in [0.717, 1.165) is 23.3 Å². The van der Waals surface area contributed by atoms with Crippen LogP contribution in [0.1, 0.15) is 15.9 Å². The summed E-state index contributed by atoms with van der Waals surface area (Å²) in [6.45, 7) is 0. The molecular weight excluding hydrogens is 467 g/mol. The van der Waals surface area contributed by atoms with E-state index in [9.17, 15) is 22.8 Å². The van der Waals surface area contributed by atoms with E-state index in [2.05, 4.69) is 9.97 Å². The Morgan fingerprint density at radius 2 is 1.56 bits per heavy atom. The number of fused-ring (bicyclic) bond motifs is 3. The second kappa shape index (κ2) is 8.64. The Hall–Kier alpha value is -4.46. The summed E-state index contributed by atoms with van der Waals surface area (Å²) < 4.78 is 40.0. The number of hydrogen-bond donors (Lipinski definition) is 1. The first-order chi connectivity index (χ1) is 17.1. The molecule has 36 heavy (non-hydrogen) atoms. The molecule has 0 aliphatic heterocycles. The summed E-state index contributed by atoms with van der Waals surface area (Å²) >= 11 is 0. The van der Waals surface area contributed by atoms with Crippen molar-refractivity contribution in [1.82, 2.24) is 14.9 Å². The molecular formula is C28H20F3N3O2. The minimum atomic E-state index is -4.49. The lowest BCUT2D eigenvalue weighted by Crippen LogP contribution is -2.21. The second-order valence-electron chi connectivity index (χ2n) is 8.66.